The summed E-state index contributed by atoms with van der Waals surface area (Å²) < 4.78 is 1.82. The lowest BCUT2D eigenvalue weighted by molar-refractivity contribution is -0.137. The second-order valence-corrected chi connectivity index (χ2v) is 5.71. The average molecular weight is 351 g/mol. The van der Waals surface area contributed by atoms with Crippen LogP contribution in [0.4, 0.5) is 4.79 Å². The van der Waals surface area contributed by atoms with Crippen LogP contribution in [0.15, 0.2) is 36.7 Å². The van der Waals surface area contributed by atoms with Crippen molar-refractivity contribution in [1.82, 2.24) is 20.2 Å². The zero-order valence-corrected chi connectivity index (χ0v) is 14.0. The maximum atomic E-state index is 12.1. The van der Waals surface area contributed by atoms with E-state index in [1.54, 1.807) is 24.5 Å². The van der Waals surface area contributed by atoms with Crippen LogP contribution < -0.4 is 10.6 Å². The molecule has 0 saturated carbocycles. The number of aromatic nitrogens is 2. The number of nitrogens with one attached hydrogen (secondary N) is 2. The molecule has 0 fully saturated rings. The van der Waals surface area contributed by atoms with Gasteiger partial charge in [0, 0.05) is 37.4 Å². The van der Waals surface area contributed by atoms with Gasteiger partial charge in [0.05, 0.1) is 0 Å². The molecule has 2 amide bonds. The van der Waals surface area contributed by atoms with Gasteiger partial charge >= 0.3 is 12.0 Å². The molecule has 1 aromatic heterocycles. The summed E-state index contributed by atoms with van der Waals surface area (Å²) in [7, 11) is 1.84. The van der Waals surface area contributed by atoms with E-state index in [-0.39, 0.29) is 19.0 Å². The van der Waals surface area contributed by atoms with Crippen LogP contribution in [-0.4, -0.2) is 33.2 Å². The number of aryl methyl sites for hydroxylation is 1. The molecule has 0 aliphatic carbocycles. The third kappa shape index (κ3) is 4.99. The zero-order valence-electron chi connectivity index (χ0n) is 13.2. The first-order valence-corrected chi connectivity index (χ1v) is 7.84. The van der Waals surface area contributed by atoms with Crippen molar-refractivity contribution in [3.63, 3.8) is 0 Å². The molecule has 0 saturated heterocycles. The first-order valence-electron chi connectivity index (χ1n) is 7.46. The Kier molecular flexibility index (Phi) is 6.20. The molecule has 1 aromatic carbocycles. The van der Waals surface area contributed by atoms with Gasteiger partial charge < -0.3 is 20.3 Å². The van der Waals surface area contributed by atoms with Crippen LogP contribution in [0, 0.1) is 0 Å². The monoisotopic (exact) mass is 350 g/mol. The quantitative estimate of drug-likeness (QED) is 0.668. The average Bonchev–Trinajstić information content (AvgIpc) is 2.96. The number of carbonyl (C=O) groups is 2. The van der Waals surface area contributed by atoms with Crippen LogP contribution >= 0.6 is 11.6 Å². The second kappa shape index (κ2) is 8.35. The van der Waals surface area contributed by atoms with E-state index in [2.05, 4.69) is 15.6 Å². The third-order valence-corrected chi connectivity index (χ3v) is 3.70. The molecule has 1 heterocycles. The number of carboxylic acid groups (broad SMARTS) is 1. The molecular weight excluding hydrogens is 332 g/mol. The number of hydrogen-bond acceptors (Lipinski definition) is 3. The summed E-state index contributed by atoms with van der Waals surface area (Å²) in [6.07, 6.45) is 3.84. The largest absolute Gasteiger partial charge is 0.481 e. The van der Waals surface area contributed by atoms with Gasteiger partial charge in [-0.05, 0) is 24.1 Å². The van der Waals surface area contributed by atoms with Crippen molar-refractivity contribution in [2.24, 2.45) is 7.05 Å². The van der Waals surface area contributed by atoms with Crippen LogP contribution in [0.1, 0.15) is 30.3 Å². The van der Waals surface area contributed by atoms with Crippen molar-refractivity contribution in [3.05, 3.63) is 53.1 Å². The lowest BCUT2D eigenvalue weighted by Gasteiger charge is -2.19. The molecule has 128 valence electrons. The minimum Gasteiger partial charge on any atom is -0.481 e. The summed E-state index contributed by atoms with van der Waals surface area (Å²) in [6.45, 7) is 0.284. The van der Waals surface area contributed by atoms with Crippen molar-refractivity contribution >= 4 is 23.6 Å². The number of nitrogens with zero attached hydrogens (tertiary/aromatic N) is 2. The summed E-state index contributed by atoms with van der Waals surface area (Å²) in [6, 6.07) is 6.32. The Bertz CT molecular complexity index is 700. The molecule has 2 rings (SSSR count). The lowest BCUT2D eigenvalue weighted by atomic mass is 10.1. The molecule has 2 aromatic rings. The van der Waals surface area contributed by atoms with Crippen LogP contribution in [0.2, 0.25) is 5.02 Å². The van der Waals surface area contributed by atoms with Gasteiger partial charge in [0.1, 0.15) is 11.9 Å². The van der Waals surface area contributed by atoms with Crippen molar-refractivity contribution in [2.45, 2.75) is 18.9 Å². The fourth-order valence-corrected chi connectivity index (χ4v) is 2.36. The number of urea groups is 1. The van der Waals surface area contributed by atoms with E-state index in [0.717, 1.165) is 5.56 Å². The number of benzene rings is 1. The number of amides is 2. The molecule has 24 heavy (non-hydrogen) atoms. The standard InChI is InChI=1S/C16H19ClN4O3/c1-21-10-9-18-15(21)14(11-4-6-12(17)7-5-11)20-16(24)19-8-2-3-13(22)23/h4-7,9-10,14H,2-3,8H2,1H3,(H,22,23)(H2,19,20,24). The third-order valence-electron chi connectivity index (χ3n) is 3.45. The summed E-state index contributed by atoms with van der Waals surface area (Å²) in [5.74, 6) is -0.206. The van der Waals surface area contributed by atoms with Gasteiger partial charge in [-0.2, -0.15) is 0 Å². The van der Waals surface area contributed by atoms with Gasteiger partial charge in [-0.1, -0.05) is 23.7 Å². The van der Waals surface area contributed by atoms with Crippen molar-refractivity contribution in [3.8, 4) is 0 Å². The predicted octanol–water partition coefficient (Wildman–Crippen LogP) is 2.33. The number of halogens is 1. The number of imidazole rings is 1. The SMILES string of the molecule is Cn1ccnc1C(NC(=O)NCCCC(=O)O)c1ccc(Cl)cc1. The molecule has 1 atom stereocenters. The molecule has 7 nitrogen and oxygen atoms in total. The van der Waals surface area contributed by atoms with E-state index in [1.807, 2.05) is 23.7 Å². The van der Waals surface area contributed by atoms with Gasteiger partial charge in [0.2, 0.25) is 0 Å². The van der Waals surface area contributed by atoms with Gasteiger partial charge in [-0.15, -0.1) is 0 Å². The second-order valence-electron chi connectivity index (χ2n) is 5.28. The lowest BCUT2D eigenvalue weighted by Crippen LogP contribution is -2.39. The Morgan fingerprint density at radius 3 is 2.62 bits per heavy atom. The molecule has 1 unspecified atom stereocenters. The Morgan fingerprint density at radius 2 is 2.04 bits per heavy atom. The van der Waals surface area contributed by atoms with Gasteiger partial charge in [-0.25, -0.2) is 9.78 Å². The van der Waals surface area contributed by atoms with Crippen LogP contribution in [0.3, 0.4) is 0 Å². The van der Waals surface area contributed by atoms with Crippen molar-refractivity contribution < 1.29 is 14.7 Å². The first-order chi connectivity index (χ1) is 11.5. The highest BCUT2D eigenvalue weighted by Crippen LogP contribution is 2.22. The van der Waals surface area contributed by atoms with Gasteiger partial charge in [0.15, 0.2) is 0 Å². The fraction of sp³-hybridized carbons (Fsp3) is 0.312. The fourth-order valence-electron chi connectivity index (χ4n) is 2.23. The van der Waals surface area contributed by atoms with Gasteiger partial charge in [-0.3, -0.25) is 4.79 Å². The Morgan fingerprint density at radius 1 is 1.33 bits per heavy atom. The summed E-state index contributed by atoms with van der Waals surface area (Å²) >= 11 is 5.92. The Hall–Kier alpha value is -2.54. The van der Waals surface area contributed by atoms with Crippen LogP contribution in [-0.2, 0) is 11.8 Å². The number of carboxylic acids is 1. The molecule has 0 aliphatic heterocycles. The summed E-state index contributed by atoms with van der Waals surface area (Å²) in [5, 5.41) is 14.7. The minimum atomic E-state index is -0.885. The smallest absolute Gasteiger partial charge is 0.315 e. The van der Waals surface area contributed by atoms with Crippen molar-refractivity contribution in [2.75, 3.05) is 6.54 Å². The van der Waals surface area contributed by atoms with E-state index < -0.39 is 12.0 Å². The predicted molar refractivity (Wildman–Crippen MR) is 89.9 cm³/mol. The summed E-state index contributed by atoms with van der Waals surface area (Å²) in [5.41, 5.74) is 0.842. The van der Waals surface area contributed by atoms with Crippen molar-refractivity contribution in [1.29, 1.82) is 0 Å². The normalized spacial score (nSPS) is 11.8. The number of hydrogen-bond donors (Lipinski definition) is 3. The zero-order chi connectivity index (χ0) is 17.5. The number of aliphatic carboxylic acids is 1. The highest BCUT2D eigenvalue weighted by molar-refractivity contribution is 6.30. The van der Waals surface area contributed by atoms with Gasteiger partial charge in [0.25, 0.3) is 0 Å². The van der Waals surface area contributed by atoms with Crippen LogP contribution in [0.5, 0.6) is 0 Å². The van der Waals surface area contributed by atoms with E-state index in [4.69, 9.17) is 16.7 Å². The summed E-state index contributed by atoms with van der Waals surface area (Å²) in [4.78, 5) is 26.9. The molecule has 3 N–H and O–H groups in total. The van der Waals surface area contributed by atoms with Crippen LogP contribution in [0.25, 0.3) is 0 Å². The Balaban J connectivity index is 2.07. The number of rotatable bonds is 7. The first kappa shape index (κ1) is 17.8. The number of carbonyl (C=O) groups excluding carboxylic acids is 1. The highest BCUT2D eigenvalue weighted by atomic mass is 35.5. The molecule has 0 radical (unpaired) electrons. The molecular formula is C16H19ClN4O3. The molecule has 0 bridgehead atoms. The highest BCUT2D eigenvalue weighted by Gasteiger charge is 2.20. The Labute approximate surface area is 144 Å². The van der Waals surface area contributed by atoms with E-state index in [1.165, 1.54) is 0 Å². The topological polar surface area (TPSA) is 96.3 Å². The van der Waals surface area contributed by atoms with E-state index in [0.29, 0.717) is 17.3 Å². The molecule has 0 spiro atoms. The van der Waals surface area contributed by atoms with E-state index >= 15 is 0 Å². The molecule has 0 aliphatic rings. The maximum Gasteiger partial charge on any atom is 0.315 e. The minimum absolute atomic E-state index is 0.0141. The molecule has 8 heteroatoms. The van der Waals surface area contributed by atoms with E-state index in [9.17, 15) is 9.59 Å². The maximum absolute atomic E-state index is 12.1.